The lowest BCUT2D eigenvalue weighted by Gasteiger charge is -2.08. The Balaban J connectivity index is 1.78. The summed E-state index contributed by atoms with van der Waals surface area (Å²) in [5.41, 5.74) is 5.81. The minimum atomic E-state index is -0.252. The van der Waals surface area contributed by atoms with Gasteiger partial charge in [-0.2, -0.15) is 5.10 Å². The first-order chi connectivity index (χ1) is 11.6. The normalized spacial score (nSPS) is 11.0. The van der Waals surface area contributed by atoms with Crippen LogP contribution in [0.2, 0.25) is 0 Å². The highest BCUT2D eigenvalue weighted by molar-refractivity contribution is 7.80. The molecule has 0 spiro atoms. The number of nitrogens with zero attached hydrogens (tertiary/aromatic N) is 1. The molecule has 0 amide bonds. The summed E-state index contributed by atoms with van der Waals surface area (Å²) in [6.45, 7) is 2.44. The first kappa shape index (κ1) is 17.9. The fourth-order valence-corrected chi connectivity index (χ4v) is 2.17. The van der Waals surface area contributed by atoms with Gasteiger partial charge < -0.3 is 10.1 Å². The smallest absolute Gasteiger partial charge is 0.187 e. The van der Waals surface area contributed by atoms with E-state index in [0.29, 0.717) is 11.7 Å². The van der Waals surface area contributed by atoms with Crippen molar-refractivity contribution in [1.82, 2.24) is 10.7 Å². The minimum absolute atomic E-state index is 0.252. The summed E-state index contributed by atoms with van der Waals surface area (Å²) in [6.07, 6.45) is 0.720. The predicted octanol–water partition coefficient (Wildman–Crippen LogP) is 3.42. The van der Waals surface area contributed by atoms with Gasteiger partial charge in [0.25, 0.3) is 0 Å². The van der Waals surface area contributed by atoms with Crippen LogP contribution in [0.4, 0.5) is 4.39 Å². The maximum atomic E-state index is 12.8. The van der Waals surface area contributed by atoms with Gasteiger partial charge >= 0.3 is 0 Å². The number of benzene rings is 2. The summed E-state index contributed by atoms with van der Waals surface area (Å²) < 4.78 is 18.0. The molecule has 126 valence electrons. The molecule has 2 rings (SSSR count). The third-order valence-corrected chi connectivity index (χ3v) is 3.57. The second kappa shape index (κ2) is 8.98. The van der Waals surface area contributed by atoms with Crippen molar-refractivity contribution in [3.63, 3.8) is 0 Å². The number of ether oxygens (including phenoxy) is 1. The number of nitrogens with one attached hydrogen (secondary N) is 2. The van der Waals surface area contributed by atoms with Crippen LogP contribution in [0.15, 0.2) is 53.6 Å². The van der Waals surface area contributed by atoms with Crippen LogP contribution < -0.4 is 15.5 Å². The quantitative estimate of drug-likeness (QED) is 0.478. The van der Waals surface area contributed by atoms with Crippen molar-refractivity contribution >= 4 is 23.0 Å². The average molecular weight is 345 g/mol. The van der Waals surface area contributed by atoms with Gasteiger partial charge in [0.15, 0.2) is 5.11 Å². The highest BCUT2D eigenvalue weighted by Gasteiger charge is 1.99. The van der Waals surface area contributed by atoms with Crippen molar-refractivity contribution in [2.75, 3.05) is 7.11 Å². The maximum Gasteiger partial charge on any atom is 0.187 e. The largest absolute Gasteiger partial charge is 0.497 e. The van der Waals surface area contributed by atoms with Crippen molar-refractivity contribution in [3.05, 3.63) is 65.5 Å². The van der Waals surface area contributed by atoms with Crippen LogP contribution in [0.25, 0.3) is 0 Å². The van der Waals surface area contributed by atoms with Crippen molar-refractivity contribution in [1.29, 1.82) is 0 Å². The zero-order valence-corrected chi connectivity index (χ0v) is 14.5. The van der Waals surface area contributed by atoms with E-state index in [9.17, 15) is 4.39 Å². The van der Waals surface area contributed by atoms with Crippen LogP contribution in [-0.2, 0) is 13.0 Å². The van der Waals surface area contributed by atoms with Gasteiger partial charge in [-0.15, -0.1) is 0 Å². The van der Waals surface area contributed by atoms with Crippen LogP contribution >= 0.6 is 12.2 Å². The van der Waals surface area contributed by atoms with E-state index < -0.39 is 0 Å². The fraction of sp³-hybridized carbons (Fsp3) is 0.222. The van der Waals surface area contributed by atoms with Gasteiger partial charge in [0.05, 0.1) is 7.11 Å². The molecule has 2 N–H and O–H groups in total. The Labute approximate surface area is 146 Å². The zero-order valence-electron chi connectivity index (χ0n) is 13.7. The number of hydrazone groups is 1. The molecular weight excluding hydrogens is 325 g/mol. The van der Waals surface area contributed by atoms with Crippen molar-refractivity contribution in [2.45, 2.75) is 19.9 Å². The van der Waals surface area contributed by atoms with Gasteiger partial charge in [-0.25, -0.2) is 4.39 Å². The molecular formula is C18H20FN3OS. The van der Waals surface area contributed by atoms with E-state index >= 15 is 0 Å². The lowest BCUT2D eigenvalue weighted by Crippen LogP contribution is -2.32. The van der Waals surface area contributed by atoms with Crippen LogP contribution in [0.3, 0.4) is 0 Å². The molecule has 0 aromatic heterocycles. The zero-order chi connectivity index (χ0) is 17.4. The van der Waals surface area contributed by atoms with Crippen molar-refractivity contribution < 1.29 is 9.13 Å². The number of thiocarbonyl (C=S) groups is 1. The standard InChI is InChI=1S/C18H20FN3OS/c1-13(11-14-5-9-17(23-2)10-6-14)21-22-18(24)20-12-15-3-7-16(19)8-4-15/h3-10H,11-12H2,1-2H3,(H2,20,22,24)/b21-13-. The van der Waals surface area contributed by atoms with Crippen molar-refractivity contribution in [2.24, 2.45) is 5.10 Å². The molecule has 2 aromatic rings. The molecule has 0 saturated carbocycles. The molecule has 4 nitrogen and oxygen atoms in total. The second-order valence-corrected chi connectivity index (χ2v) is 5.70. The Hall–Kier alpha value is -2.47. The molecule has 0 aliphatic carbocycles. The Bertz CT molecular complexity index is 699. The molecule has 0 aliphatic heterocycles. The minimum Gasteiger partial charge on any atom is -0.497 e. The molecule has 2 aromatic carbocycles. The predicted molar refractivity (Wildman–Crippen MR) is 98.8 cm³/mol. The van der Waals surface area contributed by atoms with Crippen LogP contribution in [0.1, 0.15) is 18.1 Å². The van der Waals surface area contributed by atoms with Crippen LogP contribution in [0, 0.1) is 5.82 Å². The van der Waals surface area contributed by atoms with E-state index in [1.807, 2.05) is 31.2 Å². The Kier molecular flexibility index (Phi) is 6.69. The molecule has 0 unspecified atom stereocenters. The summed E-state index contributed by atoms with van der Waals surface area (Å²) in [4.78, 5) is 0. The highest BCUT2D eigenvalue weighted by Crippen LogP contribution is 2.11. The molecule has 0 saturated heterocycles. The first-order valence-electron chi connectivity index (χ1n) is 7.51. The summed E-state index contributed by atoms with van der Waals surface area (Å²) in [6, 6.07) is 14.1. The van der Waals surface area contributed by atoms with E-state index in [-0.39, 0.29) is 5.82 Å². The van der Waals surface area contributed by atoms with E-state index in [0.717, 1.165) is 29.0 Å². The van der Waals surface area contributed by atoms with Gasteiger partial charge in [-0.05, 0) is 54.5 Å². The van der Waals surface area contributed by atoms with E-state index in [1.54, 1.807) is 19.2 Å². The Morgan fingerprint density at radius 3 is 2.33 bits per heavy atom. The topological polar surface area (TPSA) is 45.6 Å². The SMILES string of the molecule is COc1ccc(C/C(C)=N\NC(=S)NCc2ccc(F)cc2)cc1. The van der Waals surface area contributed by atoms with Crippen LogP contribution in [-0.4, -0.2) is 17.9 Å². The number of hydrogen-bond donors (Lipinski definition) is 2. The maximum absolute atomic E-state index is 12.8. The van der Waals surface area contributed by atoms with Gasteiger partial charge in [-0.1, -0.05) is 24.3 Å². The molecule has 0 heterocycles. The average Bonchev–Trinajstić information content (AvgIpc) is 2.60. The Morgan fingerprint density at radius 2 is 1.71 bits per heavy atom. The lowest BCUT2D eigenvalue weighted by molar-refractivity contribution is 0.414. The number of halogens is 1. The number of rotatable bonds is 6. The lowest BCUT2D eigenvalue weighted by atomic mass is 10.1. The van der Waals surface area contributed by atoms with E-state index in [4.69, 9.17) is 17.0 Å². The van der Waals surface area contributed by atoms with Gasteiger partial charge in [0, 0.05) is 18.7 Å². The summed E-state index contributed by atoms with van der Waals surface area (Å²) in [5, 5.41) is 7.71. The summed E-state index contributed by atoms with van der Waals surface area (Å²) in [5.74, 6) is 0.579. The number of methoxy groups -OCH3 is 1. The molecule has 0 fully saturated rings. The van der Waals surface area contributed by atoms with Crippen molar-refractivity contribution in [3.8, 4) is 5.75 Å². The van der Waals surface area contributed by atoms with Gasteiger partial charge in [0.1, 0.15) is 11.6 Å². The van der Waals surface area contributed by atoms with Crippen LogP contribution in [0.5, 0.6) is 5.75 Å². The third kappa shape index (κ3) is 5.96. The Morgan fingerprint density at radius 1 is 1.08 bits per heavy atom. The first-order valence-corrected chi connectivity index (χ1v) is 7.92. The summed E-state index contributed by atoms with van der Waals surface area (Å²) >= 11 is 5.17. The molecule has 0 atom stereocenters. The molecule has 24 heavy (non-hydrogen) atoms. The highest BCUT2D eigenvalue weighted by atomic mass is 32.1. The van der Waals surface area contributed by atoms with E-state index in [2.05, 4.69) is 15.8 Å². The molecule has 6 heteroatoms. The van der Waals surface area contributed by atoms with E-state index in [1.165, 1.54) is 12.1 Å². The second-order valence-electron chi connectivity index (χ2n) is 5.29. The van der Waals surface area contributed by atoms with Gasteiger partial charge in [0.2, 0.25) is 0 Å². The number of hydrogen-bond acceptors (Lipinski definition) is 3. The fourth-order valence-electron chi connectivity index (χ4n) is 2.05. The third-order valence-electron chi connectivity index (χ3n) is 3.33. The molecule has 0 bridgehead atoms. The molecule has 0 radical (unpaired) electrons. The van der Waals surface area contributed by atoms with Gasteiger partial charge in [-0.3, -0.25) is 5.43 Å². The summed E-state index contributed by atoms with van der Waals surface area (Å²) in [7, 11) is 1.64. The molecule has 0 aliphatic rings. The monoisotopic (exact) mass is 345 g/mol.